The van der Waals surface area contributed by atoms with Gasteiger partial charge in [0.25, 0.3) is 0 Å². The maximum Gasteiger partial charge on any atom is 0.307 e. The number of primary amides is 1. The van der Waals surface area contributed by atoms with Gasteiger partial charge in [0.05, 0.1) is 12.5 Å². The number of nitrogens with one attached hydrogen (secondary N) is 1. The Labute approximate surface area is 153 Å². The number of hydrogen-bond donors (Lipinski definition) is 2. The van der Waals surface area contributed by atoms with Crippen molar-refractivity contribution in [2.45, 2.75) is 44.8 Å². The number of benzene rings is 1. The van der Waals surface area contributed by atoms with Gasteiger partial charge >= 0.3 is 5.97 Å². The molecular formula is C19H27N3O4. The van der Waals surface area contributed by atoms with E-state index in [9.17, 15) is 14.4 Å². The summed E-state index contributed by atoms with van der Waals surface area (Å²) in [4.78, 5) is 37.2. The van der Waals surface area contributed by atoms with Crippen molar-refractivity contribution in [3.8, 4) is 0 Å². The van der Waals surface area contributed by atoms with Crippen LogP contribution in [0.3, 0.4) is 0 Å². The van der Waals surface area contributed by atoms with Gasteiger partial charge < -0.3 is 20.7 Å². The lowest BCUT2D eigenvalue weighted by Crippen LogP contribution is -2.46. The molecule has 1 atom stereocenters. The van der Waals surface area contributed by atoms with Crippen LogP contribution >= 0.6 is 0 Å². The van der Waals surface area contributed by atoms with Crippen LogP contribution in [0.15, 0.2) is 30.3 Å². The first kappa shape index (κ1) is 19.9. The Morgan fingerprint density at radius 3 is 2.46 bits per heavy atom. The second-order valence-electron chi connectivity index (χ2n) is 6.44. The summed E-state index contributed by atoms with van der Waals surface area (Å²) in [5.41, 5.74) is 6.13. The Hall–Kier alpha value is -2.41. The molecular weight excluding hydrogens is 334 g/mol. The van der Waals surface area contributed by atoms with Gasteiger partial charge in [0.2, 0.25) is 11.8 Å². The van der Waals surface area contributed by atoms with E-state index in [1.54, 1.807) is 4.90 Å². The molecule has 1 fully saturated rings. The Bertz CT molecular complexity index is 600. The third-order valence-corrected chi connectivity index (χ3v) is 4.36. The predicted molar refractivity (Wildman–Crippen MR) is 96.9 cm³/mol. The van der Waals surface area contributed by atoms with Gasteiger partial charge in [-0.2, -0.15) is 0 Å². The number of amides is 2. The summed E-state index contributed by atoms with van der Waals surface area (Å²) in [5.74, 6) is -0.793. The van der Waals surface area contributed by atoms with Crippen molar-refractivity contribution in [3.63, 3.8) is 0 Å². The van der Waals surface area contributed by atoms with E-state index in [4.69, 9.17) is 10.5 Å². The lowest BCUT2D eigenvalue weighted by molar-refractivity contribution is -0.145. The lowest BCUT2D eigenvalue weighted by Gasteiger charge is -2.23. The summed E-state index contributed by atoms with van der Waals surface area (Å²) in [5, 5.41) is 3.08. The van der Waals surface area contributed by atoms with E-state index in [0.717, 1.165) is 31.5 Å². The maximum atomic E-state index is 12.5. The quantitative estimate of drug-likeness (QED) is 0.605. The van der Waals surface area contributed by atoms with Crippen LogP contribution in [-0.2, 0) is 25.7 Å². The average molecular weight is 361 g/mol. The van der Waals surface area contributed by atoms with Gasteiger partial charge in [-0.3, -0.25) is 14.4 Å². The van der Waals surface area contributed by atoms with Gasteiger partial charge in [0, 0.05) is 26.1 Å². The van der Waals surface area contributed by atoms with Crippen molar-refractivity contribution in [2.24, 2.45) is 5.73 Å². The van der Waals surface area contributed by atoms with Crippen LogP contribution in [0.25, 0.3) is 0 Å². The molecule has 1 aliphatic rings. The van der Waals surface area contributed by atoms with Crippen LogP contribution < -0.4 is 11.1 Å². The monoisotopic (exact) mass is 361 g/mol. The summed E-state index contributed by atoms with van der Waals surface area (Å²) in [6.07, 6.45) is 2.63. The third-order valence-electron chi connectivity index (χ3n) is 4.36. The predicted octanol–water partition coefficient (Wildman–Crippen LogP) is 0.966. The van der Waals surface area contributed by atoms with Gasteiger partial charge in [-0.15, -0.1) is 0 Å². The zero-order valence-electron chi connectivity index (χ0n) is 15.0. The largest absolute Gasteiger partial charge is 0.461 e. The summed E-state index contributed by atoms with van der Waals surface area (Å²) in [6.45, 7) is 2.04. The van der Waals surface area contributed by atoms with E-state index in [0.29, 0.717) is 13.0 Å². The highest BCUT2D eigenvalue weighted by Crippen LogP contribution is 2.11. The second kappa shape index (κ2) is 10.6. The minimum Gasteiger partial charge on any atom is -0.461 e. The molecule has 0 aliphatic carbocycles. The van der Waals surface area contributed by atoms with E-state index in [1.807, 2.05) is 30.3 Å². The lowest BCUT2D eigenvalue weighted by atomic mass is 10.1. The van der Waals surface area contributed by atoms with E-state index in [1.165, 1.54) is 0 Å². The summed E-state index contributed by atoms with van der Waals surface area (Å²) in [6, 6.07) is 8.96. The van der Waals surface area contributed by atoms with Crippen molar-refractivity contribution in [3.05, 3.63) is 35.9 Å². The molecule has 142 valence electrons. The number of nitrogens with two attached hydrogens (primary N) is 1. The fourth-order valence-corrected chi connectivity index (χ4v) is 2.92. The van der Waals surface area contributed by atoms with Crippen molar-refractivity contribution in [2.75, 3.05) is 19.6 Å². The summed E-state index contributed by atoms with van der Waals surface area (Å²) < 4.78 is 5.22. The molecule has 2 rings (SSSR count). The van der Waals surface area contributed by atoms with Crippen LogP contribution in [0.1, 0.15) is 37.7 Å². The Kier molecular flexibility index (Phi) is 8.08. The smallest absolute Gasteiger partial charge is 0.307 e. The highest BCUT2D eigenvalue weighted by atomic mass is 16.5. The normalized spacial score (nSPS) is 14.8. The molecule has 0 radical (unpaired) electrons. The summed E-state index contributed by atoms with van der Waals surface area (Å²) >= 11 is 0. The first-order valence-corrected chi connectivity index (χ1v) is 9.06. The molecule has 1 heterocycles. The molecule has 1 aliphatic heterocycles. The minimum absolute atomic E-state index is 0.0265. The van der Waals surface area contributed by atoms with Gasteiger partial charge in [0.15, 0.2) is 0 Å². The third kappa shape index (κ3) is 6.84. The molecule has 2 amide bonds. The van der Waals surface area contributed by atoms with Crippen molar-refractivity contribution >= 4 is 17.8 Å². The number of carbonyl (C=O) groups excluding carboxylic acids is 3. The highest BCUT2D eigenvalue weighted by molar-refractivity contribution is 5.83. The van der Waals surface area contributed by atoms with Crippen LogP contribution in [-0.4, -0.2) is 48.4 Å². The molecule has 0 saturated carbocycles. The van der Waals surface area contributed by atoms with E-state index in [-0.39, 0.29) is 31.3 Å². The molecule has 26 heavy (non-hydrogen) atoms. The molecule has 0 aromatic heterocycles. The Balaban J connectivity index is 1.75. The van der Waals surface area contributed by atoms with Gasteiger partial charge in [-0.25, -0.2) is 0 Å². The minimum atomic E-state index is -0.498. The van der Waals surface area contributed by atoms with Crippen molar-refractivity contribution in [1.29, 1.82) is 0 Å². The maximum absolute atomic E-state index is 12.5. The van der Waals surface area contributed by atoms with Crippen molar-refractivity contribution in [1.82, 2.24) is 10.2 Å². The number of carbonyl (C=O) groups is 3. The zero-order valence-corrected chi connectivity index (χ0v) is 15.0. The average Bonchev–Trinajstić information content (AvgIpc) is 3.17. The SMILES string of the molecule is NC(=O)CC[C@H](NCCC(=O)OCc1ccccc1)C(=O)N1CCCC1. The second-order valence-corrected chi connectivity index (χ2v) is 6.44. The highest BCUT2D eigenvalue weighted by Gasteiger charge is 2.26. The van der Waals surface area contributed by atoms with Crippen LogP contribution in [0.5, 0.6) is 0 Å². The number of esters is 1. The molecule has 1 aromatic rings. The molecule has 0 unspecified atom stereocenters. The number of rotatable bonds is 10. The summed E-state index contributed by atoms with van der Waals surface area (Å²) in [7, 11) is 0. The molecule has 7 heteroatoms. The first-order valence-electron chi connectivity index (χ1n) is 9.06. The molecule has 1 aromatic carbocycles. The first-order chi connectivity index (χ1) is 12.6. The van der Waals surface area contributed by atoms with Crippen LogP contribution in [0.4, 0.5) is 0 Å². The molecule has 0 bridgehead atoms. The topological polar surface area (TPSA) is 102 Å². The standard InChI is InChI=1S/C19H27N3O4/c20-17(23)9-8-16(19(25)22-12-4-5-13-22)21-11-10-18(24)26-14-15-6-2-1-3-7-15/h1-3,6-7,16,21H,4-5,8-14H2,(H2,20,23)/t16-/m0/s1. The van der Waals surface area contributed by atoms with E-state index < -0.39 is 11.9 Å². The number of hydrogen-bond acceptors (Lipinski definition) is 5. The van der Waals surface area contributed by atoms with Crippen LogP contribution in [0.2, 0.25) is 0 Å². The van der Waals surface area contributed by atoms with E-state index in [2.05, 4.69) is 5.32 Å². The van der Waals surface area contributed by atoms with Gasteiger partial charge in [0.1, 0.15) is 6.61 Å². The fraction of sp³-hybridized carbons (Fsp3) is 0.526. The molecule has 7 nitrogen and oxygen atoms in total. The molecule has 0 spiro atoms. The number of likely N-dealkylation sites (tertiary alicyclic amines) is 1. The number of nitrogens with zero attached hydrogens (tertiary/aromatic N) is 1. The number of ether oxygens (including phenoxy) is 1. The van der Waals surface area contributed by atoms with E-state index >= 15 is 0 Å². The van der Waals surface area contributed by atoms with Gasteiger partial charge in [-0.1, -0.05) is 30.3 Å². The van der Waals surface area contributed by atoms with Crippen LogP contribution in [0, 0.1) is 0 Å². The molecule has 1 saturated heterocycles. The fourth-order valence-electron chi connectivity index (χ4n) is 2.92. The van der Waals surface area contributed by atoms with Crippen molar-refractivity contribution < 1.29 is 19.1 Å². The Morgan fingerprint density at radius 2 is 1.81 bits per heavy atom. The zero-order chi connectivity index (χ0) is 18.8. The Morgan fingerprint density at radius 1 is 1.12 bits per heavy atom. The molecule has 3 N–H and O–H groups in total. The van der Waals surface area contributed by atoms with Gasteiger partial charge in [-0.05, 0) is 24.8 Å².